The molecule has 0 saturated heterocycles. The Morgan fingerprint density at radius 2 is 1.72 bits per heavy atom. The van der Waals surface area contributed by atoms with Crippen molar-refractivity contribution in [3.8, 4) is 17.2 Å². The molecular formula is C25H23F2N5O4. The highest BCUT2D eigenvalue weighted by Crippen LogP contribution is 2.24. The van der Waals surface area contributed by atoms with Gasteiger partial charge >= 0.3 is 11.8 Å². The van der Waals surface area contributed by atoms with E-state index >= 15 is 0 Å². The molecule has 186 valence electrons. The maximum absolute atomic E-state index is 13.9. The fourth-order valence-corrected chi connectivity index (χ4v) is 3.22. The Kier molecular flexibility index (Phi) is 6.82. The van der Waals surface area contributed by atoms with E-state index in [1.165, 1.54) is 24.7 Å². The minimum absolute atomic E-state index is 0.222. The molecule has 36 heavy (non-hydrogen) atoms. The van der Waals surface area contributed by atoms with Crippen LogP contribution in [0.15, 0.2) is 71.9 Å². The maximum atomic E-state index is 13.9. The molecule has 0 fully saturated rings. The van der Waals surface area contributed by atoms with E-state index in [0.29, 0.717) is 17.2 Å². The largest absolute Gasteiger partial charge is 0.457 e. The fourth-order valence-electron chi connectivity index (χ4n) is 3.22. The summed E-state index contributed by atoms with van der Waals surface area (Å²) in [6.07, 6.45) is 2.05. The van der Waals surface area contributed by atoms with Gasteiger partial charge < -0.3 is 9.47 Å². The van der Waals surface area contributed by atoms with E-state index in [4.69, 9.17) is 9.47 Å². The van der Waals surface area contributed by atoms with Crippen LogP contribution in [-0.4, -0.2) is 31.0 Å². The number of halogens is 2. The van der Waals surface area contributed by atoms with Gasteiger partial charge in [0.05, 0.1) is 12.2 Å². The van der Waals surface area contributed by atoms with Crippen molar-refractivity contribution < 1.29 is 23.0 Å². The number of pyridine rings is 1. The highest BCUT2D eigenvalue weighted by molar-refractivity contribution is 5.83. The fraction of sp³-hybridized carbons (Fsp3) is 0.200. The zero-order chi connectivity index (χ0) is 25.9. The van der Waals surface area contributed by atoms with Crippen molar-refractivity contribution >= 4 is 11.9 Å². The summed E-state index contributed by atoms with van der Waals surface area (Å²) in [5.74, 6) is -0.360. The SMILES string of the molecule is CC(C)(C)OC(=O)Nc1cc(Oc2ccc(-n3ncn(Cc4c(F)cccc4F)c3=O)cc2)ccn1. The van der Waals surface area contributed by atoms with Gasteiger partial charge in [-0.1, -0.05) is 6.07 Å². The molecule has 0 unspecified atom stereocenters. The van der Waals surface area contributed by atoms with Crippen LogP contribution in [0.3, 0.4) is 0 Å². The first kappa shape index (κ1) is 24.6. The Labute approximate surface area is 204 Å². The third-order valence-corrected chi connectivity index (χ3v) is 4.80. The summed E-state index contributed by atoms with van der Waals surface area (Å²) in [4.78, 5) is 28.7. The van der Waals surface area contributed by atoms with Crippen molar-refractivity contribution in [2.45, 2.75) is 32.9 Å². The van der Waals surface area contributed by atoms with Crippen LogP contribution >= 0.6 is 0 Å². The lowest BCUT2D eigenvalue weighted by atomic mass is 10.2. The van der Waals surface area contributed by atoms with Crippen molar-refractivity contribution in [2.75, 3.05) is 5.32 Å². The number of carbonyl (C=O) groups excluding carboxylic acids is 1. The molecule has 0 aliphatic carbocycles. The van der Waals surface area contributed by atoms with Crippen LogP contribution in [0.1, 0.15) is 26.3 Å². The molecule has 1 N–H and O–H groups in total. The van der Waals surface area contributed by atoms with Gasteiger partial charge in [0.2, 0.25) is 0 Å². The number of aromatic nitrogens is 4. The first-order valence-corrected chi connectivity index (χ1v) is 10.9. The van der Waals surface area contributed by atoms with Gasteiger partial charge in [0.25, 0.3) is 0 Å². The molecule has 4 aromatic rings. The van der Waals surface area contributed by atoms with E-state index in [1.54, 1.807) is 51.1 Å². The highest BCUT2D eigenvalue weighted by atomic mass is 19.1. The third kappa shape index (κ3) is 5.93. The second-order valence-corrected chi connectivity index (χ2v) is 8.75. The zero-order valence-electron chi connectivity index (χ0n) is 19.7. The monoisotopic (exact) mass is 495 g/mol. The second kappa shape index (κ2) is 9.98. The minimum Gasteiger partial charge on any atom is -0.457 e. The van der Waals surface area contributed by atoms with E-state index in [-0.39, 0.29) is 17.9 Å². The molecule has 2 aromatic carbocycles. The molecule has 0 radical (unpaired) electrons. The normalized spacial score (nSPS) is 11.2. The lowest BCUT2D eigenvalue weighted by molar-refractivity contribution is 0.0635. The van der Waals surface area contributed by atoms with E-state index in [9.17, 15) is 18.4 Å². The molecule has 0 saturated carbocycles. The molecular weight excluding hydrogens is 472 g/mol. The van der Waals surface area contributed by atoms with Crippen LogP contribution in [0, 0.1) is 11.6 Å². The van der Waals surface area contributed by atoms with Crippen molar-refractivity contribution in [1.82, 2.24) is 19.3 Å². The van der Waals surface area contributed by atoms with Crippen molar-refractivity contribution in [3.05, 3.63) is 94.8 Å². The van der Waals surface area contributed by atoms with Crippen LogP contribution in [0.5, 0.6) is 11.5 Å². The van der Waals surface area contributed by atoms with Crippen molar-refractivity contribution in [3.63, 3.8) is 0 Å². The van der Waals surface area contributed by atoms with Gasteiger partial charge in [0.1, 0.15) is 40.9 Å². The third-order valence-electron chi connectivity index (χ3n) is 4.80. The first-order chi connectivity index (χ1) is 17.1. The van der Waals surface area contributed by atoms with E-state index in [2.05, 4.69) is 15.4 Å². The average Bonchev–Trinajstić information content (AvgIpc) is 3.16. The van der Waals surface area contributed by atoms with Gasteiger partial charge in [-0.3, -0.25) is 9.88 Å². The number of benzene rings is 2. The van der Waals surface area contributed by atoms with Gasteiger partial charge in [-0.15, -0.1) is 0 Å². The molecule has 0 atom stereocenters. The lowest BCUT2D eigenvalue weighted by Gasteiger charge is -2.19. The molecule has 2 heterocycles. The van der Waals surface area contributed by atoms with Crippen molar-refractivity contribution in [2.24, 2.45) is 0 Å². The number of amides is 1. The van der Waals surface area contributed by atoms with Crippen LogP contribution in [-0.2, 0) is 11.3 Å². The van der Waals surface area contributed by atoms with Gasteiger partial charge in [0, 0.05) is 17.8 Å². The maximum Gasteiger partial charge on any atom is 0.413 e. The van der Waals surface area contributed by atoms with Crippen LogP contribution in [0.4, 0.5) is 19.4 Å². The summed E-state index contributed by atoms with van der Waals surface area (Å²) in [6, 6.07) is 13.1. The standard InChI is InChI=1S/C25H23F2N5O4/c1-25(2,3)36-23(33)30-22-13-18(11-12-28-22)35-17-9-7-16(8-10-17)32-24(34)31(15-29-32)14-19-20(26)5-4-6-21(19)27/h4-13,15H,14H2,1-3H3,(H,28,30,33). The Hall–Kier alpha value is -4.54. The summed E-state index contributed by atoms with van der Waals surface area (Å²) in [5.41, 5.74) is -0.993. The van der Waals surface area contributed by atoms with E-state index in [0.717, 1.165) is 21.4 Å². The number of hydrogen-bond donors (Lipinski definition) is 1. The van der Waals surface area contributed by atoms with Gasteiger partial charge in [-0.05, 0) is 63.2 Å². The number of nitrogens with one attached hydrogen (secondary N) is 1. The van der Waals surface area contributed by atoms with Gasteiger partial charge in [-0.25, -0.2) is 23.4 Å². The number of rotatable bonds is 6. The predicted molar refractivity (Wildman–Crippen MR) is 127 cm³/mol. The molecule has 0 bridgehead atoms. The lowest BCUT2D eigenvalue weighted by Crippen LogP contribution is -2.27. The quantitative estimate of drug-likeness (QED) is 0.409. The summed E-state index contributed by atoms with van der Waals surface area (Å²) < 4.78 is 41.1. The predicted octanol–water partition coefficient (Wildman–Crippen LogP) is 4.89. The number of ether oxygens (including phenoxy) is 2. The number of nitrogens with zero attached hydrogens (tertiary/aromatic N) is 4. The number of carbonyl (C=O) groups is 1. The Bertz CT molecular complexity index is 1420. The van der Waals surface area contributed by atoms with E-state index in [1.807, 2.05) is 0 Å². The summed E-state index contributed by atoms with van der Waals surface area (Å²) in [5, 5.41) is 6.58. The Morgan fingerprint density at radius 3 is 2.39 bits per heavy atom. The highest BCUT2D eigenvalue weighted by Gasteiger charge is 2.17. The molecule has 0 aliphatic rings. The molecule has 11 heteroatoms. The second-order valence-electron chi connectivity index (χ2n) is 8.75. The first-order valence-electron chi connectivity index (χ1n) is 10.9. The Balaban J connectivity index is 1.45. The van der Waals surface area contributed by atoms with Crippen LogP contribution in [0.2, 0.25) is 0 Å². The molecule has 9 nitrogen and oxygen atoms in total. The smallest absolute Gasteiger partial charge is 0.413 e. The summed E-state index contributed by atoms with van der Waals surface area (Å²) >= 11 is 0. The average molecular weight is 495 g/mol. The number of anilines is 1. The molecule has 2 aromatic heterocycles. The molecule has 4 rings (SSSR count). The Morgan fingerprint density at radius 1 is 1.03 bits per heavy atom. The number of hydrogen-bond acceptors (Lipinski definition) is 6. The molecule has 1 amide bonds. The van der Waals surface area contributed by atoms with Crippen LogP contribution in [0.25, 0.3) is 5.69 Å². The topological polar surface area (TPSA) is 100 Å². The summed E-state index contributed by atoms with van der Waals surface area (Å²) in [6.45, 7) is 4.97. The van der Waals surface area contributed by atoms with Gasteiger partial charge in [0.15, 0.2) is 0 Å². The minimum atomic E-state index is -0.739. The van der Waals surface area contributed by atoms with Crippen LogP contribution < -0.4 is 15.7 Å². The van der Waals surface area contributed by atoms with E-state index < -0.39 is 29.0 Å². The molecule has 0 spiro atoms. The van der Waals surface area contributed by atoms with Crippen molar-refractivity contribution in [1.29, 1.82) is 0 Å². The summed E-state index contributed by atoms with van der Waals surface area (Å²) in [7, 11) is 0. The van der Waals surface area contributed by atoms with Gasteiger partial charge in [-0.2, -0.15) is 9.78 Å². The molecule has 0 aliphatic heterocycles. The zero-order valence-corrected chi connectivity index (χ0v) is 19.7.